The van der Waals surface area contributed by atoms with Crippen molar-refractivity contribution in [3.05, 3.63) is 47.2 Å². The van der Waals surface area contributed by atoms with Gasteiger partial charge in [0.1, 0.15) is 10.8 Å². The molecule has 29 heavy (non-hydrogen) atoms. The van der Waals surface area contributed by atoms with Crippen LogP contribution in [0, 0.1) is 5.82 Å². The van der Waals surface area contributed by atoms with Crippen molar-refractivity contribution in [2.75, 3.05) is 39.3 Å². The molecule has 8 heteroatoms. The number of benzene rings is 1. The Balaban J connectivity index is 1.30. The molecule has 0 saturated carbocycles. The van der Waals surface area contributed by atoms with E-state index >= 15 is 0 Å². The first-order valence-corrected chi connectivity index (χ1v) is 10.7. The molecule has 2 aromatic rings. The molecule has 1 aromatic heterocycles. The molecule has 2 saturated heterocycles. The lowest BCUT2D eigenvalue weighted by molar-refractivity contribution is -0.127. The lowest BCUT2D eigenvalue weighted by atomic mass is 10.2. The van der Waals surface area contributed by atoms with E-state index in [-0.39, 0.29) is 17.8 Å². The highest BCUT2D eigenvalue weighted by Gasteiger charge is 2.27. The number of rotatable bonds is 3. The highest BCUT2D eigenvalue weighted by Crippen LogP contribution is 2.24. The Morgan fingerprint density at radius 2 is 1.55 bits per heavy atom. The Kier molecular flexibility index (Phi) is 5.89. The fraction of sp³-hybridized carbons (Fsp3) is 0.381. The van der Waals surface area contributed by atoms with Crippen LogP contribution in [-0.4, -0.2) is 70.9 Å². The van der Waals surface area contributed by atoms with Crippen LogP contribution < -0.4 is 0 Å². The number of amides is 3. The van der Waals surface area contributed by atoms with Crippen LogP contribution in [0.1, 0.15) is 18.5 Å². The zero-order valence-electron chi connectivity index (χ0n) is 16.1. The Labute approximate surface area is 173 Å². The number of carbonyl (C=O) groups is 2. The molecule has 0 N–H and O–H groups in total. The molecule has 1 aromatic carbocycles. The Hall–Kier alpha value is -2.74. The maximum absolute atomic E-state index is 13.0. The first-order valence-electron chi connectivity index (χ1n) is 9.82. The van der Waals surface area contributed by atoms with E-state index in [2.05, 4.69) is 4.98 Å². The number of piperazine rings is 1. The number of carbonyl (C=O) groups excluding carboxylic acids is 2. The summed E-state index contributed by atoms with van der Waals surface area (Å²) in [5.41, 5.74) is 1.55. The monoisotopic (exact) mass is 414 g/mol. The molecule has 0 bridgehead atoms. The van der Waals surface area contributed by atoms with Crippen molar-refractivity contribution in [2.24, 2.45) is 0 Å². The molecular formula is C21H23FN4O2S. The van der Waals surface area contributed by atoms with Crippen molar-refractivity contribution in [3.8, 4) is 10.6 Å². The highest BCUT2D eigenvalue weighted by molar-refractivity contribution is 7.13. The fourth-order valence-corrected chi connectivity index (χ4v) is 4.37. The van der Waals surface area contributed by atoms with Crippen LogP contribution in [0.15, 0.2) is 35.7 Å². The summed E-state index contributed by atoms with van der Waals surface area (Å²) in [7, 11) is 0. The van der Waals surface area contributed by atoms with Crippen LogP contribution in [0.3, 0.4) is 0 Å². The number of hydrogen-bond donors (Lipinski definition) is 0. The summed E-state index contributed by atoms with van der Waals surface area (Å²) < 4.78 is 13.0. The van der Waals surface area contributed by atoms with Crippen LogP contribution in [0.25, 0.3) is 16.6 Å². The van der Waals surface area contributed by atoms with Crippen LogP contribution in [0.2, 0.25) is 0 Å². The molecule has 4 rings (SSSR count). The summed E-state index contributed by atoms with van der Waals surface area (Å²) in [6, 6.07) is 6.29. The predicted octanol–water partition coefficient (Wildman–Crippen LogP) is 3.32. The molecule has 2 fully saturated rings. The number of thiazole rings is 1. The third-order valence-corrected chi connectivity index (χ3v) is 6.16. The normalized spacial score (nSPS) is 17.3. The van der Waals surface area contributed by atoms with Gasteiger partial charge in [-0.05, 0) is 43.2 Å². The number of nitrogens with zero attached hydrogens (tertiary/aromatic N) is 4. The highest BCUT2D eigenvalue weighted by atomic mass is 32.1. The van der Waals surface area contributed by atoms with Gasteiger partial charge in [0.05, 0.1) is 5.69 Å². The molecule has 3 heterocycles. The van der Waals surface area contributed by atoms with Crippen molar-refractivity contribution in [1.82, 2.24) is 19.7 Å². The van der Waals surface area contributed by atoms with E-state index in [1.54, 1.807) is 23.1 Å². The van der Waals surface area contributed by atoms with Crippen molar-refractivity contribution < 1.29 is 14.0 Å². The second-order valence-corrected chi connectivity index (χ2v) is 8.06. The van der Waals surface area contributed by atoms with Gasteiger partial charge in [-0.2, -0.15) is 0 Å². The minimum absolute atomic E-state index is 0.0744. The van der Waals surface area contributed by atoms with E-state index in [1.807, 2.05) is 15.2 Å². The van der Waals surface area contributed by atoms with Gasteiger partial charge in [-0.1, -0.05) is 0 Å². The summed E-state index contributed by atoms with van der Waals surface area (Å²) in [6.45, 7) is 3.91. The average Bonchev–Trinajstić information content (AvgIpc) is 3.44. The summed E-state index contributed by atoms with van der Waals surface area (Å²) in [4.78, 5) is 34.9. The van der Waals surface area contributed by atoms with Crippen LogP contribution in [0.4, 0.5) is 9.18 Å². The van der Waals surface area contributed by atoms with E-state index in [4.69, 9.17) is 0 Å². The Morgan fingerprint density at radius 3 is 2.24 bits per heavy atom. The lowest BCUT2D eigenvalue weighted by Crippen LogP contribution is -2.53. The third-order valence-electron chi connectivity index (χ3n) is 5.25. The second-order valence-electron chi connectivity index (χ2n) is 7.21. The molecule has 152 valence electrons. The quantitative estimate of drug-likeness (QED) is 0.724. The summed E-state index contributed by atoms with van der Waals surface area (Å²) >= 11 is 1.45. The van der Waals surface area contributed by atoms with E-state index in [1.165, 1.54) is 29.5 Å². The molecule has 6 nitrogen and oxygen atoms in total. The van der Waals surface area contributed by atoms with Gasteiger partial charge in [-0.3, -0.25) is 4.79 Å². The van der Waals surface area contributed by atoms with Crippen molar-refractivity contribution in [3.63, 3.8) is 0 Å². The number of urea groups is 1. The summed E-state index contributed by atoms with van der Waals surface area (Å²) in [6.07, 6.45) is 5.39. The second kappa shape index (κ2) is 8.73. The average molecular weight is 415 g/mol. The van der Waals surface area contributed by atoms with Crippen LogP contribution in [0.5, 0.6) is 0 Å². The number of likely N-dealkylation sites (tertiary alicyclic amines) is 1. The van der Waals surface area contributed by atoms with E-state index in [0.717, 1.165) is 36.5 Å². The topological polar surface area (TPSA) is 56.8 Å². The van der Waals surface area contributed by atoms with Crippen molar-refractivity contribution >= 4 is 29.4 Å². The van der Waals surface area contributed by atoms with Crippen LogP contribution in [-0.2, 0) is 4.79 Å². The zero-order chi connectivity index (χ0) is 20.2. The van der Waals surface area contributed by atoms with Gasteiger partial charge in [0.15, 0.2) is 0 Å². The number of aromatic nitrogens is 1. The van der Waals surface area contributed by atoms with Gasteiger partial charge >= 0.3 is 6.03 Å². The smallest absolute Gasteiger partial charge is 0.320 e. The minimum Gasteiger partial charge on any atom is -0.336 e. The molecule has 2 aliphatic heterocycles. The van der Waals surface area contributed by atoms with Gasteiger partial charge in [0.25, 0.3) is 0 Å². The number of hydrogen-bond acceptors (Lipinski definition) is 4. The zero-order valence-corrected chi connectivity index (χ0v) is 16.9. The molecule has 0 unspecified atom stereocenters. The Bertz CT molecular complexity index is 898. The molecule has 0 atom stereocenters. The molecule has 0 spiro atoms. The third kappa shape index (κ3) is 4.64. The maximum Gasteiger partial charge on any atom is 0.320 e. The maximum atomic E-state index is 13.0. The summed E-state index contributed by atoms with van der Waals surface area (Å²) in [5, 5.41) is 2.65. The van der Waals surface area contributed by atoms with Gasteiger partial charge in [-0.15, -0.1) is 11.3 Å². The largest absolute Gasteiger partial charge is 0.336 e. The standard InChI is InChI=1S/C21H23FN4O2S/c22-17-5-3-16(4-6-17)20-23-18(15-29-20)7-8-19(27)24-11-13-26(14-12-24)21(28)25-9-1-2-10-25/h3-8,15H,1-2,9-14H2/b8-7+. The van der Waals surface area contributed by atoms with E-state index < -0.39 is 0 Å². The first-order chi connectivity index (χ1) is 14.1. The summed E-state index contributed by atoms with van der Waals surface area (Å²) in [5.74, 6) is -0.354. The molecule has 2 aliphatic rings. The Morgan fingerprint density at radius 1 is 0.931 bits per heavy atom. The van der Waals surface area contributed by atoms with Gasteiger partial charge in [0.2, 0.25) is 5.91 Å². The predicted molar refractivity (Wildman–Crippen MR) is 111 cm³/mol. The van der Waals surface area contributed by atoms with Gasteiger partial charge < -0.3 is 14.7 Å². The van der Waals surface area contributed by atoms with E-state index in [9.17, 15) is 14.0 Å². The fourth-order valence-electron chi connectivity index (χ4n) is 3.58. The SMILES string of the molecule is O=C(/C=C/c1csc(-c2ccc(F)cc2)n1)N1CCN(C(=O)N2CCCC2)CC1. The van der Waals surface area contributed by atoms with Gasteiger partial charge in [0, 0.05) is 56.3 Å². The van der Waals surface area contributed by atoms with E-state index in [0.29, 0.717) is 31.9 Å². The minimum atomic E-state index is -0.279. The van der Waals surface area contributed by atoms with Crippen LogP contribution >= 0.6 is 11.3 Å². The molecule has 0 aliphatic carbocycles. The van der Waals surface area contributed by atoms with Crippen molar-refractivity contribution in [1.29, 1.82) is 0 Å². The lowest BCUT2D eigenvalue weighted by Gasteiger charge is -2.36. The molecule has 0 radical (unpaired) electrons. The first kappa shape index (κ1) is 19.6. The molecule has 3 amide bonds. The molecular weight excluding hydrogens is 391 g/mol. The number of halogens is 1. The van der Waals surface area contributed by atoms with Crippen molar-refractivity contribution in [2.45, 2.75) is 12.8 Å². The van der Waals surface area contributed by atoms with Gasteiger partial charge in [-0.25, -0.2) is 14.2 Å².